The van der Waals surface area contributed by atoms with E-state index < -0.39 is 23.4 Å². The standard InChI is InChI=1S/C23H42N2O6/c1-8-29-19(26)15-16-9-11-17(12-10-16)18(25-21(28)31-23(5,6)7)13-14-24-20(27)30-22(2,3)4/h16-18H,8-15H2,1-7H3,(H,24,27)(H,25,28). The number of amides is 2. The second kappa shape index (κ2) is 12.2. The number of carbonyl (C=O) groups is 3. The van der Waals surface area contributed by atoms with E-state index in [4.69, 9.17) is 14.2 Å². The maximum atomic E-state index is 12.4. The molecule has 2 amide bonds. The topological polar surface area (TPSA) is 103 Å². The first-order valence-electron chi connectivity index (χ1n) is 11.4. The SMILES string of the molecule is CCOC(=O)CC1CCC(C(CCNC(=O)OC(C)(C)C)NC(=O)OC(C)(C)C)CC1. The van der Waals surface area contributed by atoms with Crippen molar-refractivity contribution in [3.63, 3.8) is 0 Å². The predicted molar refractivity (Wildman–Crippen MR) is 119 cm³/mol. The molecule has 2 N–H and O–H groups in total. The van der Waals surface area contributed by atoms with Crippen LogP contribution in [0.3, 0.4) is 0 Å². The molecule has 0 heterocycles. The van der Waals surface area contributed by atoms with Crippen molar-refractivity contribution in [3.05, 3.63) is 0 Å². The van der Waals surface area contributed by atoms with Crippen LogP contribution in [0.25, 0.3) is 0 Å². The number of hydrogen-bond acceptors (Lipinski definition) is 6. The van der Waals surface area contributed by atoms with Crippen molar-refractivity contribution in [1.82, 2.24) is 10.6 Å². The Kier molecular flexibility index (Phi) is 10.6. The molecule has 31 heavy (non-hydrogen) atoms. The van der Waals surface area contributed by atoms with Crippen LogP contribution in [0.1, 0.15) is 87.0 Å². The lowest BCUT2D eigenvalue weighted by atomic mass is 9.76. The lowest BCUT2D eigenvalue weighted by Crippen LogP contribution is -2.46. The quantitative estimate of drug-likeness (QED) is 0.422. The van der Waals surface area contributed by atoms with Gasteiger partial charge in [0.2, 0.25) is 0 Å². The minimum Gasteiger partial charge on any atom is -0.466 e. The van der Waals surface area contributed by atoms with Crippen LogP contribution in [0.15, 0.2) is 0 Å². The van der Waals surface area contributed by atoms with E-state index in [1.165, 1.54) is 0 Å². The fourth-order valence-electron chi connectivity index (χ4n) is 3.78. The van der Waals surface area contributed by atoms with Crippen LogP contribution in [0.4, 0.5) is 9.59 Å². The molecule has 1 atom stereocenters. The highest BCUT2D eigenvalue weighted by Crippen LogP contribution is 2.33. The van der Waals surface area contributed by atoms with Gasteiger partial charge in [-0.15, -0.1) is 0 Å². The summed E-state index contributed by atoms with van der Waals surface area (Å²) in [6.07, 6.45) is 3.72. The molecule has 8 nitrogen and oxygen atoms in total. The highest BCUT2D eigenvalue weighted by atomic mass is 16.6. The zero-order valence-corrected chi connectivity index (χ0v) is 20.3. The minimum absolute atomic E-state index is 0.131. The van der Waals surface area contributed by atoms with E-state index in [-0.39, 0.29) is 17.9 Å². The average Bonchev–Trinajstić information content (AvgIpc) is 2.58. The predicted octanol–water partition coefficient (Wildman–Crippen LogP) is 4.55. The molecule has 0 aliphatic heterocycles. The van der Waals surface area contributed by atoms with Gasteiger partial charge in [-0.05, 0) is 92.4 Å². The number of rotatable bonds is 8. The molecule has 1 rings (SSSR count). The van der Waals surface area contributed by atoms with Crippen molar-refractivity contribution < 1.29 is 28.6 Å². The van der Waals surface area contributed by atoms with Gasteiger partial charge in [-0.1, -0.05) is 0 Å². The molecule has 1 fully saturated rings. The summed E-state index contributed by atoms with van der Waals surface area (Å²) in [5.74, 6) is 0.430. The third kappa shape index (κ3) is 12.5. The smallest absolute Gasteiger partial charge is 0.407 e. The summed E-state index contributed by atoms with van der Waals surface area (Å²) in [5.41, 5.74) is -1.14. The Morgan fingerprint density at radius 2 is 1.45 bits per heavy atom. The molecule has 8 heteroatoms. The lowest BCUT2D eigenvalue weighted by molar-refractivity contribution is -0.144. The average molecular weight is 443 g/mol. The summed E-state index contributed by atoms with van der Waals surface area (Å²) in [7, 11) is 0. The van der Waals surface area contributed by atoms with E-state index in [0.29, 0.717) is 31.9 Å². The van der Waals surface area contributed by atoms with E-state index in [1.54, 1.807) is 0 Å². The largest absolute Gasteiger partial charge is 0.466 e. The Hall–Kier alpha value is -1.99. The zero-order chi connectivity index (χ0) is 23.7. The molecule has 0 aromatic carbocycles. The first-order valence-corrected chi connectivity index (χ1v) is 11.4. The van der Waals surface area contributed by atoms with Crippen molar-refractivity contribution in [2.24, 2.45) is 11.8 Å². The molecule has 0 radical (unpaired) electrons. The van der Waals surface area contributed by atoms with E-state index in [2.05, 4.69) is 10.6 Å². The van der Waals surface area contributed by atoms with E-state index in [0.717, 1.165) is 25.7 Å². The second-order valence-corrected chi connectivity index (χ2v) is 10.3. The Balaban J connectivity index is 2.63. The second-order valence-electron chi connectivity index (χ2n) is 10.3. The van der Waals surface area contributed by atoms with Gasteiger partial charge in [-0.25, -0.2) is 9.59 Å². The van der Waals surface area contributed by atoms with Crippen LogP contribution < -0.4 is 10.6 Å². The van der Waals surface area contributed by atoms with Gasteiger partial charge in [0.25, 0.3) is 0 Å². The highest BCUT2D eigenvalue weighted by Gasteiger charge is 2.31. The molecular weight excluding hydrogens is 400 g/mol. The summed E-state index contributed by atoms with van der Waals surface area (Å²) in [4.78, 5) is 36.1. The molecule has 0 bridgehead atoms. The van der Waals surface area contributed by atoms with E-state index in [9.17, 15) is 14.4 Å². The van der Waals surface area contributed by atoms with Gasteiger partial charge in [0, 0.05) is 19.0 Å². The Morgan fingerprint density at radius 3 is 1.97 bits per heavy atom. The fourth-order valence-corrected chi connectivity index (χ4v) is 3.78. The van der Waals surface area contributed by atoms with Crippen LogP contribution in [0, 0.1) is 11.8 Å². The van der Waals surface area contributed by atoms with Crippen LogP contribution in [0.5, 0.6) is 0 Å². The van der Waals surface area contributed by atoms with Gasteiger partial charge in [-0.3, -0.25) is 4.79 Å². The Bertz CT molecular complexity index is 586. The van der Waals surface area contributed by atoms with Crippen LogP contribution >= 0.6 is 0 Å². The number of ether oxygens (including phenoxy) is 3. The minimum atomic E-state index is -0.583. The molecule has 0 spiro atoms. The van der Waals surface area contributed by atoms with Crippen LogP contribution in [0.2, 0.25) is 0 Å². The summed E-state index contributed by atoms with van der Waals surface area (Å²) in [6, 6.07) is -0.131. The van der Waals surface area contributed by atoms with Crippen molar-refractivity contribution in [2.75, 3.05) is 13.2 Å². The van der Waals surface area contributed by atoms with Crippen LogP contribution in [-0.2, 0) is 19.0 Å². The number of carbonyl (C=O) groups excluding carboxylic acids is 3. The summed E-state index contributed by atoms with van der Waals surface area (Å²) >= 11 is 0. The van der Waals surface area contributed by atoms with Gasteiger partial charge in [0.15, 0.2) is 0 Å². The maximum absolute atomic E-state index is 12.4. The molecule has 0 aromatic rings. The number of esters is 1. The third-order valence-corrected chi connectivity index (χ3v) is 5.05. The van der Waals surface area contributed by atoms with Crippen molar-refractivity contribution >= 4 is 18.2 Å². The van der Waals surface area contributed by atoms with Gasteiger partial charge < -0.3 is 24.8 Å². The fraction of sp³-hybridized carbons (Fsp3) is 0.870. The summed E-state index contributed by atoms with van der Waals surface area (Å²) in [6.45, 7) is 13.5. The first-order chi connectivity index (χ1) is 14.3. The molecule has 0 aromatic heterocycles. The Labute approximate surface area is 187 Å². The van der Waals surface area contributed by atoms with Gasteiger partial charge in [-0.2, -0.15) is 0 Å². The maximum Gasteiger partial charge on any atom is 0.407 e. The summed E-state index contributed by atoms with van der Waals surface area (Å²) < 4.78 is 15.8. The molecule has 1 aliphatic rings. The van der Waals surface area contributed by atoms with Crippen LogP contribution in [-0.4, -0.2) is 48.6 Å². The van der Waals surface area contributed by atoms with Crippen molar-refractivity contribution in [2.45, 2.75) is 104 Å². The molecule has 1 saturated carbocycles. The zero-order valence-electron chi connectivity index (χ0n) is 20.3. The van der Waals surface area contributed by atoms with Crippen molar-refractivity contribution in [1.29, 1.82) is 0 Å². The molecule has 180 valence electrons. The molecule has 0 saturated heterocycles. The van der Waals surface area contributed by atoms with E-state index >= 15 is 0 Å². The van der Waals surface area contributed by atoms with E-state index in [1.807, 2.05) is 48.5 Å². The van der Waals surface area contributed by atoms with Gasteiger partial charge in [0.1, 0.15) is 11.2 Å². The Morgan fingerprint density at radius 1 is 0.903 bits per heavy atom. The van der Waals surface area contributed by atoms with Crippen molar-refractivity contribution in [3.8, 4) is 0 Å². The lowest BCUT2D eigenvalue weighted by Gasteiger charge is -2.34. The number of nitrogens with one attached hydrogen (secondary N) is 2. The van der Waals surface area contributed by atoms with Gasteiger partial charge >= 0.3 is 18.2 Å². The monoisotopic (exact) mass is 442 g/mol. The molecule has 1 aliphatic carbocycles. The number of alkyl carbamates (subject to hydrolysis) is 2. The third-order valence-electron chi connectivity index (χ3n) is 5.05. The molecular formula is C23H42N2O6. The van der Waals surface area contributed by atoms with Gasteiger partial charge in [0.05, 0.1) is 6.61 Å². The number of hydrogen-bond donors (Lipinski definition) is 2. The normalized spacial score (nSPS) is 20.4. The summed E-state index contributed by atoms with van der Waals surface area (Å²) in [5, 5.41) is 5.76. The first kappa shape index (κ1) is 27.0. The highest BCUT2D eigenvalue weighted by molar-refractivity contribution is 5.69. The molecule has 1 unspecified atom stereocenters.